The summed E-state index contributed by atoms with van der Waals surface area (Å²) < 4.78 is 1.96. The first kappa shape index (κ1) is 18.2. The second-order valence-electron chi connectivity index (χ2n) is 6.90. The first-order valence-corrected chi connectivity index (χ1v) is 9.18. The molecule has 26 heavy (non-hydrogen) atoms. The Hall–Kier alpha value is -2.64. The van der Waals surface area contributed by atoms with Gasteiger partial charge in [-0.1, -0.05) is 6.92 Å². The molecule has 3 N–H and O–H groups in total. The molecular weight excluding hydrogens is 330 g/mol. The van der Waals surface area contributed by atoms with Gasteiger partial charge in [-0.05, 0) is 39.2 Å². The van der Waals surface area contributed by atoms with Crippen LogP contribution < -0.4 is 11.1 Å². The number of carbonyl (C=O) groups is 1. The highest BCUT2D eigenvalue weighted by molar-refractivity contribution is 5.89. The number of urea groups is 1. The molecule has 0 aliphatic carbocycles. The van der Waals surface area contributed by atoms with E-state index in [9.17, 15) is 4.79 Å². The summed E-state index contributed by atoms with van der Waals surface area (Å²) >= 11 is 0. The zero-order valence-corrected chi connectivity index (χ0v) is 15.6. The maximum absolute atomic E-state index is 12.7. The highest BCUT2D eigenvalue weighted by Gasteiger charge is 2.26. The Balaban J connectivity index is 1.67. The molecule has 0 spiro atoms. The molecule has 2 atom stereocenters. The number of nitrogen functional groups attached to an aromatic ring is 1. The topological polar surface area (TPSA) is 102 Å². The number of piperidine rings is 1. The van der Waals surface area contributed by atoms with Crippen molar-refractivity contribution in [2.24, 2.45) is 0 Å². The molecule has 2 aromatic rings. The predicted molar refractivity (Wildman–Crippen MR) is 101 cm³/mol. The van der Waals surface area contributed by atoms with Gasteiger partial charge in [0, 0.05) is 31.2 Å². The second-order valence-corrected chi connectivity index (χ2v) is 6.90. The molecule has 3 heterocycles. The average molecular weight is 357 g/mol. The molecular formula is C18H27N7O. The Kier molecular flexibility index (Phi) is 5.39. The molecule has 1 aliphatic rings. The lowest BCUT2D eigenvalue weighted by atomic mass is 9.95. The molecule has 8 heteroatoms. The fraction of sp³-hybridized carbons (Fsp3) is 0.556. The molecule has 1 aliphatic heterocycles. The monoisotopic (exact) mass is 357 g/mol. The Labute approximate surface area is 153 Å². The van der Waals surface area contributed by atoms with E-state index in [2.05, 4.69) is 34.2 Å². The number of likely N-dealkylation sites (tertiary alicyclic amines) is 1. The van der Waals surface area contributed by atoms with Crippen molar-refractivity contribution in [3.8, 4) is 0 Å². The Morgan fingerprint density at radius 1 is 1.50 bits per heavy atom. The summed E-state index contributed by atoms with van der Waals surface area (Å²) in [6.45, 7) is 7.59. The molecule has 8 nitrogen and oxygen atoms in total. The standard InChI is InChI=1S/C18H27N7O/c1-4-12(2)25-13(3)16(10-21-25)23-18(26)24-9-5-6-14(11-24)15-7-8-20-17(19)22-15/h7-8,10,12,14H,4-6,9,11H2,1-3H3,(H,23,26)(H2,19,20,22). The number of hydrogen-bond donors (Lipinski definition) is 2. The zero-order chi connectivity index (χ0) is 18.7. The molecule has 2 amide bonds. The van der Waals surface area contributed by atoms with Crippen LogP contribution in [0.25, 0.3) is 0 Å². The van der Waals surface area contributed by atoms with E-state index < -0.39 is 0 Å². The van der Waals surface area contributed by atoms with Gasteiger partial charge in [0.1, 0.15) is 0 Å². The number of anilines is 2. The van der Waals surface area contributed by atoms with Crippen molar-refractivity contribution in [1.29, 1.82) is 0 Å². The third-order valence-corrected chi connectivity index (χ3v) is 5.12. The lowest BCUT2D eigenvalue weighted by molar-refractivity contribution is 0.192. The third kappa shape index (κ3) is 3.79. The fourth-order valence-electron chi connectivity index (χ4n) is 3.38. The molecule has 1 fully saturated rings. The van der Waals surface area contributed by atoms with E-state index in [1.54, 1.807) is 12.4 Å². The molecule has 0 bridgehead atoms. The molecule has 1 saturated heterocycles. The number of nitrogens with two attached hydrogens (primary N) is 1. The van der Waals surface area contributed by atoms with E-state index in [0.717, 1.165) is 42.9 Å². The first-order chi connectivity index (χ1) is 12.5. The predicted octanol–water partition coefficient (Wildman–Crippen LogP) is 2.95. The Morgan fingerprint density at radius 3 is 3.04 bits per heavy atom. The van der Waals surface area contributed by atoms with Crippen LogP contribution in [0.3, 0.4) is 0 Å². The van der Waals surface area contributed by atoms with E-state index in [4.69, 9.17) is 5.73 Å². The summed E-state index contributed by atoms with van der Waals surface area (Å²) in [6, 6.07) is 2.09. The zero-order valence-electron chi connectivity index (χ0n) is 15.6. The van der Waals surface area contributed by atoms with Gasteiger partial charge in [-0.15, -0.1) is 0 Å². The van der Waals surface area contributed by atoms with Crippen molar-refractivity contribution >= 4 is 17.7 Å². The summed E-state index contributed by atoms with van der Waals surface area (Å²) in [6.07, 6.45) is 6.32. The smallest absolute Gasteiger partial charge is 0.321 e. The average Bonchev–Trinajstić information content (AvgIpc) is 3.01. The maximum atomic E-state index is 12.7. The molecule has 0 saturated carbocycles. The molecule has 0 radical (unpaired) electrons. The molecule has 2 aromatic heterocycles. The molecule has 140 valence electrons. The summed E-state index contributed by atoms with van der Waals surface area (Å²) in [4.78, 5) is 22.8. The van der Waals surface area contributed by atoms with Gasteiger partial charge in [0.15, 0.2) is 0 Å². The van der Waals surface area contributed by atoms with E-state index >= 15 is 0 Å². The number of carbonyl (C=O) groups excluding carboxylic acids is 1. The van der Waals surface area contributed by atoms with Crippen molar-refractivity contribution in [2.45, 2.75) is 52.0 Å². The van der Waals surface area contributed by atoms with Gasteiger partial charge in [0.2, 0.25) is 5.95 Å². The summed E-state index contributed by atoms with van der Waals surface area (Å²) in [7, 11) is 0. The lowest BCUT2D eigenvalue weighted by Crippen LogP contribution is -2.41. The number of nitrogens with zero attached hydrogens (tertiary/aromatic N) is 5. The molecule has 0 aromatic carbocycles. The fourth-order valence-corrected chi connectivity index (χ4v) is 3.38. The minimum absolute atomic E-state index is 0.0940. The van der Waals surface area contributed by atoms with Crippen molar-refractivity contribution in [3.63, 3.8) is 0 Å². The normalized spacial score (nSPS) is 18.6. The largest absolute Gasteiger partial charge is 0.368 e. The first-order valence-electron chi connectivity index (χ1n) is 9.18. The highest BCUT2D eigenvalue weighted by atomic mass is 16.2. The van der Waals surface area contributed by atoms with Gasteiger partial charge >= 0.3 is 6.03 Å². The van der Waals surface area contributed by atoms with Crippen LogP contribution in [0, 0.1) is 6.92 Å². The number of hydrogen-bond acceptors (Lipinski definition) is 5. The summed E-state index contributed by atoms with van der Waals surface area (Å²) in [5.74, 6) is 0.459. The van der Waals surface area contributed by atoms with E-state index in [-0.39, 0.29) is 17.9 Å². The highest BCUT2D eigenvalue weighted by Crippen LogP contribution is 2.27. The molecule has 3 rings (SSSR count). The van der Waals surface area contributed by atoms with Gasteiger partial charge < -0.3 is 16.0 Å². The van der Waals surface area contributed by atoms with Crippen LogP contribution in [-0.4, -0.2) is 43.8 Å². The maximum Gasteiger partial charge on any atom is 0.321 e. The minimum atomic E-state index is -0.0940. The Morgan fingerprint density at radius 2 is 2.31 bits per heavy atom. The minimum Gasteiger partial charge on any atom is -0.368 e. The van der Waals surface area contributed by atoms with Gasteiger partial charge in [-0.25, -0.2) is 14.8 Å². The van der Waals surface area contributed by atoms with E-state index in [1.807, 2.05) is 22.6 Å². The summed E-state index contributed by atoms with van der Waals surface area (Å²) in [5, 5.41) is 7.42. The molecule has 2 unspecified atom stereocenters. The van der Waals surface area contributed by atoms with Crippen LogP contribution in [0.2, 0.25) is 0 Å². The summed E-state index contributed by atoms with van der Waals surface area (Å²) in [5.41, 5.74) is 8.34. The third-order valence-electron chi connectivity index (χ3n) is 5.12. The van der Waals surface area contributed by atoms with Crippen LogP contribution in [0.15, 0.2) is 18.5 Å². The van der Waals surface area contributed by atoms with Crippen molar-refractivity contribution in [3.05, 3.63) is 29.8 Å². The van der Waals surface area contributed by atoms with Crippen LogP contribution in [0.5, 0.6) is 0 Å². The number of nitrogens with one attached hydrogen (secondary N) is 1. The number of aromatic nitrogens is 4. The van der Waals surface area contributed by atoms with Gasteiger partial charge in [-0.2, -0.15) is 5.10 Å². The Bertz CT molecular complexity index is 773. The van der Waals surface area contributed by atoms with E-state index in [0.29, 0.717) is 12.6 Å². The van der Waals surface area contributed by atoms with Gasteiger partial charge in [-0.3, -0.25) is 4.68 Å². The van der Waals surface area contributed by atoms with Crippen molar-refractivity contribution in [1.82, 2.24) is 24.6 Å². The second kappa shape index (κ2) is 7.72. The van der Waals surface area contributed by atoms with Crippen LogP contribution in [0.4, 0.5) is 16.4 Å². The van der Waals surface area contributed by atoms with Gasteiger partial charge in [0.25, 0.3) is 0 Å². The lowest BCUT2D eigenvalue weighted by Gasteiger charge is -2.32. The van der Waals surface area contributed by atoms with Crippen molar-refractivity contribution in [2.75, 3.05) is 24.1 Å². The van der Waals surface area contributed by atoms with Crippen molar-refractivity contribution < 1.29 is 4.79 Å². The number of rotatable bonds is 4. The van der Waals surface area contributed by atoms with Crippen LogP contribution in [-0.2, 0) is 0 Å². The quantitative estimate of drug-likeness (QED) is 0.876. The van der Waals surface area contributed by atoms with Crippen LogP contribution >= 0.6 is 0 Å². The SMILES string of the molecule is CCC(C)n1ncc(NC(=O)N2CCCC(c3ccnc(N)n3)C2)c1C. The van der Waals surface area contributed by atoms with Gasteiger partial charge in [0.05, 0.1) is 23.3 Å². The van der Waals surface area contributed by atoms with E-state index in [1.165, 1.54) is 0 Å². The van der Waals surface area contributed by atoms with Crippen LogP contribution in [0.1, 0.15) is 56.5 Å². The number of amides is 2.